The Hall–Kier alpha value is -0.260. The van der Waals surface area contributed by atoms with Crippen molar-refractivity contribution in [2.45, 2.75) is 26.2 Å². The molecule has 0 aromatic carbocycles. The van der Waals surface area contributed by atoms with E-state index in [0.29, 0.717) is 5.41 Å². The fraction of sp³-hybridized carbons (Fsp3) is 0.667. The molecular formula is C9H13. The van der Waals surface area contributed by atoms with Crippen molar-refractivity contribution in [2.75, 3.05) is 0 Å². The molecule has 1 saturated carbocycles. The molecule has 0 N–H and O–H groups in total. The summed E-state index contributed by atoms with van der Waals surface area (Å²) in [4.78, 5) is 0. The van der Waals surface area contributed by atoms with E-state index in [1.54, 1.807) is 0 Å². The van der Waals surface area contributed by atoms with Crippen molar-refractivity contribution in [1.82, 2.24) is 0 Å². The van der Waals surface area contributed by atoms with Crippen molar-refractivity contribution < 1.29 is 0 Å². The molecule has 1 radical (unpaired) electrons. The van der Waals surface area contributed by atoms with Crippen molar-refractivity contribution in [3.8, 4) is 0 Å². The fourth-order valence-corrected chi connectivity index (χ4v) is 1.99. The minimum absolute atomic E-state index is 0.582. The molecule has 0 bridgehead atoms. The molecule has 2 aliphatic carbocycles. The van der Waals surface area contributed by atoms with E-state index in [-0.39, 0.29) is 0 Å². The van der Waals surface area contributed by atoms with Gasteiger partial charge in [-0.05, 0) is 37.0 Å². The SMILES string of the molecule is C[CH]C12C=CCCC1C2. The maximum atomic E-state index is 2.40. The van der Waals surface area contributed by atoms with Crippen LogP contribution in [0.1, 0.15) is 26.2 Å². The molecule has 0 heterocycles. The Morgan fingerprint density at radius 3 is 3.11 bits per heavy atom. The Morgan fingerprint density at radius 2 is 2.56 bits per heavy atom. The second-order valence-corrected chi connectivity index (χ2v) is 3.28. The van der Waals surface area contributed by atoms with Crippen LogP contribution >= 0.6 is 0 Å². The zero-order chi connectivity index (χ0) is 6.32. The summed E-state index contributed by atoms with van der Waals surface area (Å²) in [6.45, 7) is 2.19. The van der Waals surface area contributed by atoms with Gasteiger partial charge in [0.15, 0.2) is 0 Å². The van der Waals surface area contributed by atoms with Gasteiger partial charge in [-0.3, -0.25) is 0 Å². The van der Waals surface area contributed by atoms with Gasteiger partial charge < -0.3 is 0 Å². The molecule has 0 spiro atoms. The first-order valence-corrected chi connectivity index (χ1v) is 3.86. The van der Waals surface area contributed by atoms with Crippen molar-refractivity contribution in [3.63, 3.8) is 0 Å². The number of fused-ring (bicyclic) bond motifs is 1. The van der Waals surface area contributed by atoms with Gasteiger partial charge in [-0.15, -0.1) is 0 Å². The first-order valence-electron chi connectivity index (χ1n) is 3.86. The molecule has 0 nitrogen and oxygen atoms in total. The second-order valence-electron chi connectivity index (χ2n) is 3.28. The van der Waals surface area contributed by atoms with E-state index in [2.05, 4.69) is 25.5 Å². The third-order valence-corrected chi connectivity index (χ3v) is 2.85. The van der Waals surface area contributed by atoms with Crippen LogP contribution in [0.4, 0.5) is 0 Å². The van der Waals surface area contributed by atoms with Crippen LogP contribution < -0.4 is 0 Å². The predicted octanol–water partition coefficient (Wildman–Crippen LogP) is 2.57. The van der Waals surface area contributed by atoms with Gasteiger partial charge in [0, 0.05) is 0 Å². The average molecular weight is 121 g/mol. The lowest BCUT2D eigenvalue weighted by atomic mass is 9.93. The van der Waals surface area contributed by atoms with Gasteiger partial charge in [-0.1, -0.05) is 19.1 Å². The molecule has 0 saturated heterocycles. The summed E-state index contributed by atoms with van der Waals surface area (Å²) in [5.41, 5.74) is 0.582. The average Bonchev–Trinajstić information content (AvgIpc) is 2.62. The number of hydrogen-bond donors (Lipinski definition) is 0. The minimum Gasteiger partial charge on any atom is -0.0879 e. The number of hydrogen-bond acceptors (Lipinski definition) is 0. The summed E-state index contributed by atoms with van der Waals surface area (Å²) in [6, 6.07) is 0. The van der Waals surface area contributed by atoms with Crippen molar-refractivity contribution in [3.05, 3.63) is 18.6 Å². The first kappa shape index (κ1) is 5.52. The van der Waals surface area contributed by atoms with Crippen LogP contribution in [0, 0.1) is 17.8 Å². The van der Waals surface area contributed by atoms with E-state index < -0.39 is 0 Å². The molecule has 0 aromatic heterocycles. The van der Waals surface area contributed by atoms with Crippen LogP contribution in [0.15, 0.2) is 12.2 Å². The standard InChI is InChI=1S/C9H13/c1-2-9-6-4-3-5-8(9)7-9/h2,4,6,8H,3,5,7H2,1H3. The predicted molar refractivity (Wildman–Crippen MR) is 38.9 cm³/mol. The van der Waals surface area contributed by atoms with E-state index in [1.807, 2.05) is 0 Å². The molecule has 0 heteroatoms. The molecule has 2 atom stereocenters. The topological polar surface area (TPSA) is 0 Å². The molecule has 9 heavy (non-hydrogen) atoms. The highest BCUT2D eigenvalue weighted by Crippen LogP contribution is 2.59. The van der Waals surface area contributed by atoms with Crippen molar-refractivity contribution >= 4 is 0 Å². The van der Waals surface area contributed by atoms with E-state index in [9.17, 15) is 0 Å². The van der Waals surface area contributed by atoms with Gasteiger partial charge in [0.25, 0.3) is 0 Å². The Balaban J connectivity index is 2.16. The fourth-order valence-electron chi connectivity index (χ4n) is 1.99. The van der Waals surface area contributed by atoms with E-state index >= 15 is 0 Å². The smallest absolute Gasteiger partial charge is 0.00582 e. The summed E-state index contributed by atoms with van der Waals surface area (Å²) >= 11 is 0. The summed E-state index contributed by atoms with van der Waals surface area (Å²) in [6.07, 6.45) is 11.3. The van der Waals surface area contributed by atoms with E-state index in [1.165, 1.54) is 19.3 Å². The number of rotatable bonds is 1. The largest absolute Gasteiger partial charge is 0.0879 e. The Bertz CT molecular complexity index is 146. The van der Waals surface area contributed by atoms with Gasteiger partial charge in [0.2, 0.25) is 0 Å². The molecular weight excluding hydrogens is 108 g/mol. The normalized spacial score (nSPS) is 46.6. The minimum atomic E-state index is 0.582. The van der Waals surface area contributed by atoms with Gasteiger partial charge >= 0.3 is 0 Å². The van der Waals surface area contributed by atoms with Gasteiger partial charge in [-0.25, -0.2) is 0 Å². The zero-order valence-corrected chi connectivity index (χ0v) is 5.93. The van der Waals surface area contributed by atoms with Gasteiger partial charge in [-0.2, -0.15) is 0 Å². The lowest BCUT2D eigenvalue weighted by Gasteiger charge is -2.12. The summed E-state index contributed by atoms with van der Waals surface area (Å²) in [5.74, 6) is 1.02. The molecule has 0 aliphatic heterocycles. The maximum Gasteiger partial charge on any atom is -0.00582 e. The quantitative estimate of drug-likeness (QED) is 0.468. The van der Waals surface area contributed by atoms with E-state index in [0.717, 1.165) is 5.92 Å². The van der Waals surface area contributed by atoms with Crippen molar-refractivity contribution in [2.24, 2.45) is 11.3 Å². The highest BCUT2D eigenvalue weighted by Gasteiger charge is 2.50. The monoisotopic (exact) mass is 121 g/mol. The molecule has 0 aromatic rings. The molecule has 2 aliphatic rings. The lowest BCUT2D eigenvalue weighted by Crippen LogP contribution is -2.01. The van der Waals surface area contributed by atoms with Crippen LogP contribution in [-0.4, -0.2) is 0 Å². The van der Waals surface area contributed by atoms with Gasteiger partial charge in [0.05, 0.1) is 0 Å². The molecule has 1 fully saturated rings. The maximum absolute atomic E-state index is 2.40. The Kier molecular flexibility index (Phi) is 0.992. The molecule has 0 amide bonds. The van der Waals surface area contributed by atoms with Crippen LogP contribution in [-0.2, 0) is 0 Å². The van der Waals surface area contributed by atoms with Crippen molar-refractivity contribution in [1.29, 1.82) is 0 Å². The Labute approximate surface area is 57.0 Å². The van der Waals surface area contributed by atoms with E-state index in [4.69, 9.17) is 0 Å². The van der Waals surface area contributed by atoms with Crippen LogP contribution in [0.5, 0.6) is 0 Å². The molecule has 2 rings (SSSR count). The lowest BCUT2D eigenvalue weighted by molar-refractivity contribution is 0.581. The zero-order valence-electron chi connectivity index (χ0n) is 5.93. The highest BCUT2D eigenvalue weighted by molar-refractivity contribution is 5.23. The number of allylic oxidation sites excluding steroid dienone is 2. The highest BCUT2D eigenvalue weighted by atomic mass is 14.5. The second kappa shape index (κ2) is 1.62. The van der Waals surface area contributed by atoms with Crippen LogP contribution in [0.2, 0.25) is 0 Å². The Morgan fingerprint density at radius 1 is 1.67 bits per heavy atom. The summed E-state index contributed by atoms with van der Waals surface area (Å²) in [5, 5.41) is 0. The molecule has 49 valence electrons. The summed E-state index contributed by atoms with van der Waals surface area (Å²) in [7, 11) is 0. The third-order valence-electron chi connectivity index (χ3n) is 2.85. The third kappa shape index (κ3) is 0.654. The van der Waals surface area contributed by atoms with Gasteiger partial charge in [0.1, 0.15) is 0 Å². The van der Waals surface area contributed by atoms with Crippen LogP contribution in [0.3, 0.4) is 0 Å². The van der Waals surface area contributed by atoms with Crippen LogP contribution in [0.25, 0.3) is 0 Å². The summed E-state index contributed by atoms with van der Waals surface area (Å²) < 4.78 is 0. The first-order chi connectivity index (χ1) is 4.37. The molecule has 2 unspecified atom stereocenters.